The van der Waals surface area contributed by atoms with Crippen molar-refractivity contribution in [1.29, 1.82) is 5.41 Å². The number of carbonyl (C=O) groups excluding carboxylic acids is 1. The van der Waals surface area contributed by atoms with Crippen molar-refractivity contribution in [3.05, 3.63) is 82.0 Å². The molecule has 36 heavy (non-hydrogen) atoms. The summed E-state index contributed by atoms with van der Waals surface area (Å²) in [4.78, 5) is 35.6. The number of nitrogen functional groups attached to an aromatic ring is 1. The Balaban J connectivity index is 1.45. The van der Waals surface area contributed by atoms with Gasteiger partial charge >= 0.3 is 0 Å². The standard InChI is InChI=1S/C25H23ClN8OS/c1-15-18(26)6-5-17(19(15)27)20(28)23-32-21(22(36-23)16-4-2-7-29-14-16)24(35)33-10-12-34(13-11-33)25-30-8-3-9-31-25/h2-9,14,28H,10-13,27H2,1H3. The second-order valence-electron chi connectivity index (χ2n) is 8.28. The smallest absolute Gasteiger partial charge is 0.274 e. The summed E-state index contributed by atoms with van der Waals surface area (Å²) in [7, 11) is 0. The predicted molar refractivity (Wildman–Crippen MR) is 142 cm³/mol. The van der Waals surface area contributed by atoms with E-state index in [9.17, 15) is 4.79 Å². The average Bonchev–Trinajstić information content (AvgIpc) is 3.38. The van der Waals surface area contributed by atoms with Crippen molar-refractivity contribution in [2.45, 2.75) is 6.92 Å². The zero-order valence-corrected chi connectivity index (χ0v) is 21.1. The first-order chi connectivity index (χ1) is 17.4. The Morgan fingerprint density at radius 3 is 2.53 bits per heavy atom. The molecule has 0 saturated carbocycles. The maximum absolute atomic E-state index is 13.7. The molecular weight excluding hydrogens is 496 g/mol. The van der Waals surface area contributed by atoms with Crippen LogP contribution in [0.25, 0.3) is 10.4 Å². The van der Waals surface area contributed by atoms with Crippen LogP contribution in [0.3, 0.4) is 0 Å². The number of amides is 1. The summed E-state index contributed by atoms with van der Waals surface area (Å²) in [6.45, 7) is 4.07. The van der Waals surface area contributed by atoms with E-state index in [0.717, 1.165) is 5.56 Å². The molecule has 0 unspecified atom stereocenters. The normalized spacial score (nSPS) is 13.6. The molecule has 5 rings (SSSR count). The van der Waals surface area contributed by atoms with Crippen molar-refractivity contribution in [2.75, 3.05) is 36.8 Å². The number of benzene rings is 1. The molecule has 1 aromatic carbocycles. The number of nitrogens with one attached hydrogen (secondary N) is 1. The molecule has 1 aliphatic rings. The van der Waals surface area contributed by atoms with Crippen LogP contribution in [0.2, 0.25) is 5.02 Å². The van der Waals surface area contributed by atoms with E-state index in [1.165, 1.54) is 11.3 Å². The van der Waals surface area contributed by atoms with Crippen molar-refractivity contribution < 1.29 is 4.79 Å². The van der Waals surface area contributed by atoms with Gasteiger partial charge in [-0.15, -0.1) is 11.3 Å². The summed E-state index contributed by atoms with van der Waals surface area (Å²) >= 11 is 7.47. The summed E-state index contributed by atoms with van der Waals surface area (Å²) in [6, 6.07) is 8.91. The van der Waals surface area contributed by atoms with Gasteiger partial charge in [-0.25, -0.2) is 15.0 Å². The van der Waals surface area contributed by atoms with E-state index in [2.05, 4.69) is 24.8 Å². The molecule has 182 valence electrons. The highest BCUT2D eigenvalue weighted by atomic mass is 35.5. The zero-order valence-electron chi connectivity index (χ0n) is 19.5. The number of piperazine rings is 1. The molecule has 4 heterocycles. The molecule has 0 aliphatic carbocycles. The molecule has 0 atom stereocenters. The van der Waals surface area contributed by atoms with Gasteiger partial charge in [0.1, 0.15) is 10.7 Å². The number of hydrogen-bond acceptors (Lipinski definition) is 9. The van der Waals surface area contributed by atoms with Crippen LogP contribution in [0.1, 0.15) is 26.6 Å². The van der Waals surface area contributed by atoms with Crippen molar-refractivity contribution >= 4 is 46.2 Å². The largest absolute Gasteiger partial charge is 0.398 e. The fraction of sp³-hybridized carbons (Fsp3) is 0.200. The maximum Gasteiger partial charge on any atom is 0.274 e. The van der Waals surface area contributed by atoms with Gasteiger partial charge in [0.05, 0.1) is 10.6 Å². The molecule has 3 aromatic heterocycles. The minimum atomic E-state index is -0.182. The van der Waals surface area contributed by atoms with E-state index in [0.29, 0.717) is 69.5 Å². The third-order valence-electron chi connectivity index (χ3n) is 6.09. The Morgan fingerprint density at radius 1 is 1.08 bits per heavy atom. The van der Waals surface area contributed by atoms with Gasteiger partial charge in [0, 0.05) is 72.8 Å². The van der Waals surface area contributed by atoms with Crippen LogP contribution in [0.15, 0.2) is 55.1 Å². The number of thiazole rings is 1. The Kier molecular flexibility index (Phi) is 6.62. The third-order valence-corrected chi connectivity index (χ3v) is 7.62. The highest BCUT2D eigenvalue weighted by Crippen LogP contribution is 2.34. The topological polar surface area (TPSA) is 125 Å². The first-order valence-electron chi connectivity index (χ1n) is 11.3. The summed E-state index contributed by atoms with van der Waals surface area (Å²) in [5.74, 6) is 0.471. The Hall–Kier alpha value is -3.89. The fourth-order valence-corrected chi connectivity index (χ4v) is 5.19. The fourth-order valence-electron chi connectivity index (χ4n) is 4.01. The lowest BCUT2D eigenvalue weighted by Gasteiger charge is -2.34. The Morgan fingerprint density at radius 2 is 1.83 bits per heavy atom. The van der Waals surface area contributed by atoms with Crippen LogP contribution < -0.4 is 10.6 Å². The van der Waals surface area contributed by atoms with Gasteiger partial charge in [0.15, 0.2) is 0 Å². The number of anilines is 2. The molecule has 11 heteroatoms. The molecule has 1 fully saturated rings. The molecule has 1 aliphatic heterocycles. The maximum atomic E-state index is 13.7. The minimum Gasteiger partial charge on any atom is -0.398 e. The number of rotatable bonds is 5. The van der Waals surface area contributed by atoms with Crippen LogP contribution in [-0.2, 0) is 0 Å². The number of pyridine rings is 1. The lowest BCUT2D eigenvalue weighted by Crippen LogP contribution is -2.49. The molecule has 9 nitrogen and oxygen atoms in total. The Bertz CT molecular complexity index is 1420. The minimum absolute atomic E-state index is 0.146. The van der Waals surface area contributed by atoms with Gasteiger partial charge in [-0.3, -0.25) is 15.2 Å². The summed E-state index contributed by atoms with van der Waals surface area (Å²) in [5, 5.41) is 9.76. The van der Waals surface area contributed by atoms with Crippen LogP contribution in [0.4, 0.5) is 11.6 Å². The first kappa shape index (κ1) is 23.8. The lowest BCUT2D eigenvalue weighted by atomic mass is 10.0. The van der Waals surface area contributed by atoms with Gasteiger partial charge in [-0.05, 0) is 36.8 Å². The van der Waals surface area contributed by atoms with Crippen molar-refractivity contribution in [2.24, 2.45) is 0 Å². The van der Waals surface area contributed by atoms with E-state index < -0.39 is 0 Å². The molecule has 1 saturated heterocycles. The average molecular weight is 519 g/mol. The lowest BCUT2D eigenvalue weighted by molar-refractivity contribution is 0.0742. The SMILES string of the molecule is Cc1c(Cl)ccc(C(=N)c2nc(C(=O)N3CCN(c4ncccn4)CC3)c(-c3cccnc3)s2)c1N. The molecular formula is C25H23ClN8OS. The second-order valence-corrected chi connectivity index (χ2v) is 9.68. The Labute approximate surface area is 217 Å². The number of hydrogen-bond donors (Lipinski definition) is 2. The molecule has 0 spiro atoms. The third kappa shape index (κ3) is 4.52. The van der Waals surface area contributed by atoms with E-state index in [1.807, 2.05) is 19.1 Å². The molecule has 3 N–H and O–H groups in total. The van der Waals surface area contributed by atoms with Crippen LogP contribution in [0, 0.1) is 12.3 Å². The number of halogens is 1. The van der Waals surface area contributed by atoms with Gasteiger partial charge in [-0.1, -0.05) is 17.7 Å². The van der Waals surface area contributed by atoms with Gasteiger partial charge in [0.2, 0.25) is 5.95 Å². The first-order valence-corrected chi connectivity index (χ1v) is 12.5. The quantitative estimate of drug-likeness (QED) is 0.303. The van der Waals surface area contributed by atoms with E-state index >= 15 is 0 Å². The van der Waals surface area contributed by atoms with Gasteiger partial charge in [-0.2, -0.15) is 0 Å². The van der Waals surface area contributed by atoms with Gasteiger partial charge in [0.25, 0.3) is 5.91 Å². The summed E-state index contributed by atoms with van der Waals surface area (Å²) in [6.07, 6.45) is 6.79. The molecule has 1 amide bonds. The number of nitrogens with two attached hydrogens (primary N) is 1. The summed E-state index contributed by atoms with van der Waals surface area (Å²) in [5.41, 5.74) is 9.15. The molecule has 0 bridgehead atoms. The van der Waals surface area contributed by atoms with Crippen LogP contribution >= 0.6 is 22.9 Å². The van der Waals surface area contributed by atoms with Crippen molar-refractivity contribution in [3.63, 3.8) is 0 Å². The van der Waals surface area contributed by atoms with E-state index in [-0.39, 0.29) is 11.6 Å². The van der Waals surface area contributed by atoms with Crippen LogP contribution in [-0.4, -0.2) is 62.6 Å². The van der Waals surface area contributed by atoms with Gasteiger partial charge < -0.3 is 15.5 Å². The molecule has 4 aromatic rings. The van der Waals surface area contributed by atoms with Crippen LogP contribution in [0.5, 0.6) is 0 Å². The monoisotopic (exact) mass is 518 g/mol. The highest BCUT2D eigenvalue weighted by molar-refractivity contribution is 7.17. The molecule has 0 radical (unpaired) electrons. The predicted octanol–water partition coefficient (Wildman–Crippen LogP) is 3.92. The zero-order chi connectivity index (χ0) is 25.2. The van der Waals surface area contributed by atoms with Crippen molar-refractivity contribution in [1.82, 2.24) is 24.8 Å². The number of carbonyl (C=O) groups is 1. The van der Waals surface area contributed by atoms with E-state index in [1.54, 1.807) is 47.9 Å². The number of aromatic nitrogens is 4. The highest BCUT2D eigenvalue weighted by Gasteiger charge is 2.29. The van der Waals surface area contributed by atoms with Crippen molar-refractivity contribution in [3.8, 4) is 10.4 Å². The number of nitrogens with zero attached hydrogens (tertiary/aromatic N) is 6. The summed E-state index contributed by atoms with van der Waals surface area (Å²) < 4.78 is 0. The second kappa shape index (κ2) is 10.00. The van der Waals surface area contributed by atoms with E-state index in [4.69, 9.17) is 22.7 Å².